The Bertz CT molecular complexity index is 630. The van der Waals surface area contributed by atoms with Gasteiger partial charge in [-0.2, -0.15) is 0 Å². The molecule has 2 aromatic heterocycles. The number of aromatic amines is 1. The van der Waals surface area contributed by atoms with Gasteiger partial charge in [0.2, 0.25) is 5.95 Å². The van der Waals surface area contributed by atoms with Gasteiger partial charge in [-0.25, -0.2) is 4.98 Å². The van der Waals surface area contributed by atoms with Crippen molar-refractivity contribution in [1.82, 2.24) is 9.97 Å². The van der Waals surface area contributed by atoms with Gasteiger partial charge >= 0.3 is 0 Å². The van der Waals surface area contributed by atoms with E-state index in [1.165, 1.54) is 0 Å². The van der Waals surface area contributed by atoms with Crippen molar-refractivity contribution in [3.63, 3.8) is 0 Å². The molecule has 0 amide bonds. The lowest BCUT2D eigenvalue weighted by Crippen LogP contribution is -1.99. The number of aromatic nitrogens is 2. The Balaban J connectivity index is 1.81. The summed E-state index contributed by atoms with van der Waals surface area (Å²) < 4.78 is 5.22. The van der Waals surface area contributed by atoms with Crippen molar-refractivity contribution in [3.8, 4) is 0 Å². The number of furan rings is 1. The zero-order chi connectivity index (χ0) is 11.7. The second-order valence-electron chi connectivity index (χ2n) is 3.68. The summed E-state index contributed by atoms with van der Waals surface area (Å²) in [6.45, 7) is 0.598. The Morgan fingerprint density at radius 2 is 2.29 bits per heavy atom. The summed E-state index contributed by atoms with van der Waals surface area (Å²) in [4.78, 5) is 7.54. The Morgan fingerprint density at radius 3 is 3.12 bits per heavy atom. The maximum absolute atomic E-state index is 5.90. The minimum absolute atomic E-state index is 0.598. The van der Waals surface area contributed by atoms with Crippen LogP contribution >= 0.6 is 11.6 Å². The van der Waals surface area contributed by atoms with Gasteiger partial charge in [0.15, 0.2) is 0 Å². The molecule has 0 atom stereocenters. The average Bonchev–Trinajstić information content (AvgIpc) is 2.94. The first-order valence-corrected chi connectivity index (χ1v) is 5.60. The predicted molar refractivity (Wildman–Crippen MR) is 67.1 cm³/mol. The molecule has 0 radical (unpaired) electrons. The molecule has 5 heteroatoms. The van der Waals surface area contributed by atoms with Crippen LogP contribution in [0.5, 0.6) is 0 Å². The monoisotopic (exact) mass is 247 g/mol. The molecule has 17 heavy (non-hydrogen) atoms. The average molecular weight is 248 g/mol. The highest BCUT2D eigenvalue weighted by Crippen LogP contribution is 2.19. The number of halogens is 1. The van der Waals surface area contributed by atoms with Crippen molar-refractivity contribution in [1.29, 1.82) is 0 Å². The summed E-state index contributed by atoms with van der Waals surface area (Å²) in [5.74, 6) is 1.57. The fraction of sp³-hybridized carbons (Fsp3) is 0.0833. The zero-order valence-corrected chi connectivity index (χ0v) is 9.66. The van der Waals surface area contributed by atoms with E-state index in [0.29, 0.717) is 17.5 Å². The molecule has 4 nitrogen and oxygen atoms in total. The van der Waals surface area contributed by atoms with E-state index in [1.807, 2.05) is 30.3 Å². The molecule has 0 unspecified atom stereocenters. The van der Waals surface area contributed by atoms with Crippen LogP contribution in [0.3, 0.4) is 0 Å². The Kier molecular flexibility index (Phi) is 2.49. The lowest BCUT2D eigenvalue weighted by atomic mass is 10.3. The Labute approximate surface area is 103 Å². The van der Waals surface area contributed by atoms with Crippen LogP contribution in [-0.4, -0.2) is 9.97 Å². The van der Waals surface area contributed by atoms with Crippen LogP contribution in [0.15, 0.2) is 41.0 Å². The van der Waals surface area contributed by atoms with Crippen LogP contribution in [0.4, 0.5) is 5.95 Å². The Hall–Kier alpha value is -1.94. The van der Waals surface area contributed by atoms with Crippen LogP contribution in [0, 0.1) is 0 Å². The lowest BCUT2D eigenvalue weighted by molar-refractivity contribution is 0.517. The number of H-pyrrole nitrogens is 1. The molecular weight excluding hydrogens is 238 g/mol. The fourth-order valence-corrected chi connectivity index (χ4v) is 1.82. The number of imidazole rings is 1. The van der Waals surface area contributed by atoms with Crippen molar-refractivity contribution < 1.29 is 4.42 Å². The van der Waals surface area contributed by atoms with Gasteiger partial charge in [0.25, 0.3) is 0 Å². The molecule has 0 saturated carbocycles. The summed E-state index contributed by atoms with van der Waals surface area (Å²) in [7, 11) is 0. The second-order valence-corrected chi connectivity index (χ2v) is 4.12. The molecule has 2 N–H and O–H groups in total. The molecule has 3 rings (SSSR count). The third-order valence-electron chi connectivity index (χ3n) is 2.45. The molecule has 0 bridgehead atoms. The number of benzene rings is 1. The summed E-state index contributed by atoms with van der Waals surface area (Å²) >= 11 is 5.90. The van der Waals surface area contributed by atoms with Crippen molar-refractivity contribution in [2.75, 3.05) is 5.32 Å². The molecule has 0 aliphatic rings. The third kappa shape index (κ3) is 2.12. The first kappa shape index (κ1) is 10.2. The predicted octanol–water partition coefficient (Wildman–Crippen LogP) is 3.42. The lowest BCUT2D eigenvalue weighted by Gasteiger charge is -1.98. The molecule has 0 spiro atoms. The number of hydrogen-bond donors (Lipinski definition) is 2. The van der Waals surface area contributed by atoms with E-state index in [-0.39, 0.29) is 0 Å². The first-order chi connectivity index (χ1) is 8.31. The minimum Gasteiger partial charge on any atom is -0.467 e. The van der Waals surface area contributed by atoms with Crippen LogP contribution in [0.2, 0.25) is 5.02 Å². The molecule has 0 aliphatic carbocycles. The number of hydrogen-bond acceptors (Lipinski definition) is 3. The SMILES string of the molecule is Clc1ccc2nc(NCc3ccco3)[nH]c2c1. The molecule has 1 aromatic carbocycles. The highest BCUT2D eigenvalue weighted by molar-refractivity contribution is 6.31. The van der Waals surface area contributed by atoms with Crippen LogP contribution < -0.4 is 5.32 Å². The van der Waals surface area contributed by atoms with E-state index in [1.54, 1.807) is 6.26 Å². The quantitative estimate of drug-likeness (QED) is 0.746. The number of fused-ring (bicyclic) bond motifs is 1. The van der Waals surface area contributed by atoms with E-state index in [9.17, 15) is 0 Å². The topological polar surface area (TPSA) is 53.9 Å². The van der Waals surface area contributed by atoms with E-state index in [2.05, 4.69) is 15.3 Å². The van der Waals surface area contributed by atoms with Gasteiger partial charge in [0, 0.05) is 5.02 Å². The van der Waals surface area contributed by atoms with E-state index < -0.39 is 0 Å². The van der Waals surface area contributed by atoms with Crippen molar-refractivity contribution >= 4 is 28.6 Å². The van der Waals surface area contributed by atoms with Crippen LogP contribution in [0.25, 0.3) is 11.0 Å². The highest BCUT2D eigenvalue weighted by Gasteiger charge is 2.03. The van der Waals surface area contributed by atoms with Gasteiger partial charge in [0.1, 0.15) is 5.76 Å². The molecule has 0 fully saturated rings. The van der Waals surface area contributed by atoms with Crippen molar-refractivity contribution in [2.45, 2.75) is 6.54 Å². The molecular formula is C12H10ClN3O. The highest BCUT2D eigenvalue weighted by atomic mass is 35.5. The van der Waals surface area contributed by atoms with E-state index >= 15 is 0 Å². The first-order valence-electron chi connectivity index (χ1n) is 5.23. The van der Waals surface area contributed by atoms with Crippen molar-refractivity contribution in [3.05, 3.63) is 47.4 Å². The van der Waals surface area contributed by atoms with Crippen molar-refractivity contribution in [2.24, 2.45) is 0 Å². The van der Waals surface area contributed by atoms with E-state index in [4.69, 9.17) is 16.0 Å². The Morgan fingerprint density at radius 1 is 1.35 bits per heavy atom. The zero-order valence-electron chi connectivity index (χ0n) is 8.90. The van der Waals surface area contributed by atoms with Gasteiger partial charge in [-0.15, -0.1) is 0 Å². The summed E-state index contributed by atoms with van der Waals surface area (Å²) in [6, 6.07) is 9.32. The molecule has 0 saturated heterocycles. The number of anilines is 1. The molecule has 3 aromatic rings. The van der Waals surface area contributed by atoms with Gasteiger partial charge in [-0.1, -0.05) is 11.6 Å². The smallest absolute Gasteiger partial charge is 0.201 e. The summed E-state index contributed by atoms with van der Waals surface area (Å²) in [5.41, 5.74) is 1.80. The molecule has 2 heterocycles. The van der Waals surface area contributed by atoms with Gasteiger partial charge < -0.3 is 14.7 Å². The van der Waals surface area contributed by atoms with Gasteiger partial charge in [-0.05, 0) is 30.3 Å². The normalized spacial score (nSPS) is 10.9. The van der Waals surface area contributed by atoms with Gasteiger partial charge in [0.05, 0.1) is 23.8 Å². The standard InChI is InChI=1S/C12H10ClN3O/c13-8-3-4-10-11(6-8)16-12(15-10)14-7-9-2-1-5-17-9/h1-6H,7H2,(H2,14,15,16). The van der Waals surface area contributed by atoms with Crippen LogP contribution in [0.1, 0.15) is 5.76 Å². The third-order valence-corrected chi connectivity index (χ3v) is 2.69. The molecule has 0 aliphatic heterocycles. The summed E-state index contributed by atoms with van der Waals surface area (Å²) in [6.07, 6.45) is 1.65. The maximum Gasteiger partial charge on any atom is 0.201 e. The van der Waals surface area contributed by atoms with E-state index in [0.717, 1.165) is 16.8 Å². The maximum atomic E-state index is 5.90. The largest absolute Gasteiger partial charge is 0.467 e. The number of nitrogens with one attached hydrogen (secondary N) is 2. The number of nitrogens with zero attached hydrogens (tertiary/aromatic N) is 1. The minimum atomic E-state index is 0.598. The van der Waals surface area contributed by atoms with Crippen LogP contribution in [-0.2, 0) is 6.54 Å². The number of rotatable bonds is 3. The van der Waals surface area contributed by atoms with Gasteiger partial charge in [-0.3, -0.25) is 0 Å². The summed E-state index contributed by atoms with van der Waals surface area (Å²) in [5, 5.41) is 3.85. The fourth-order valence-electron chi connectivity index (χ4n) is 1.65. The second kappa shape index (κ2) is 4.14. The molecule has 86 valence electrons.